The van der Waals surface area contributed by atoms with Gasteiger partial charge in [-0.1, -0.05) is 38.0 Å². The normalized spacial score (nSPS) is 21.9. The van der Waals surface area contributed by atoms with Gasteiger partial charge in [0.05, 0.1) is 19.8 Å². The number of fused-ring (bicyclic) bond motifs is 1. The maximum atomic E-state index is 13.7. The lowest BCUT2D eigenvalue weighted by Crippen LogP contribution is -2.50. The summed E-state index contributed by atoms with van der Waals surface area (Å²) in [6.07, 6.45) is 6.89. The van der Waals surface area contributed by atoms with Crippen LogP contribution in [0.25, 0.3) is 11.1 Å². The van der Waals surface area contributed by atoms with Crippen LogP contribution in [0.3, 0.4) is 0 Å². The monoisotopic (exact) mass is 481 g/mol. The molecule has 0 bridgehead atoms. The Hall–Kier alpha value is -2.64. The predicted molar refractivity (Wildman–Crippen MR) is 137 cm³/mol. The number of para-hydroxylation sites is 1. The summed E-state index contributed by atoms with van der Waals surface area (Å²) in [4.78, 5) is 22.4. The number of aromatic nitrogens is 1. The van der Waals surface area contributed by atoms with E-state index in [1.807, 2.05) is 37.3 Å². The smallest absolute Gasteiger partial charge is 0.259 e. The number of hydrogen-bond acceptors (Lipinski definition) is 6. The molecule has 1 aromatic heterocycles. The van der Waals surface area contributed by atoms with Gasteiger partial charge in [0.25, 0.3) is 5.91 Å². The van der Waals surface area contributed by atoms with Crippen LogP contribution in [0.4, 0.5) is 0 Å². The van der Waals surface area contributed by atoms with Gasteiger partial charge in [0.15, 0.2) is 0 Å². The Balaban J connectivity index is 1.67. The summed E-state index contributed by atoms with van der Waals surface area (Å²) < 4.78 is 12.0. The van der Waals surface area contributed by atoms with Gasteiger partial charge in [-0.05, 0) is 44.9 Å². The zero-order valence-electron chi connectivity index (χ0n) is 21.4. The highest BCUT2D eigenvalue weighted by Crippen LogP contribution is 2.34. The summed E-state index contributed by atoms with van der Waals surface area (Å²) in [6, 6.07) is 9.23. The van der Waals surface area contributed by atoms with E-state index in [1.54, 1.807) is 18.2 Å². The Kier molecular flexibility index (Phi) is 8.29. The number of amides is 1. The minimum Gasteiger partial charge on any atom is -0.496 e. The fourth-order valence-electron chi connectivity index (χ4n) is 5.37. The average Bonchev–Trinajstić information content (AvgIpc) is 3.38. The van der Waals surface area contributed by atoms with Crippen molar-refractivity contribution in [2.45, 2.75) is 51.7 Å². The molecule has 7 heteroatoms. The van der Waals surface area contributed by atoms with Gasteiger partial charge in [0.2, 0.25) is 5.88 Å². The Labute approximate surface area is 209 Å². The van der Waals surface area contributed by atoms with E-state index in [9.17, 15) is 9.90 Å². The second-order valence-corrected chi connectivity index (χ2v) is 10.3. The molecule has 35 heavy (non-hydrogen) atoms. The molecule has 1 aliphatic carbocycles. The second kappa shape index (κ2) is 11.4. The number of likely N-dealkylation sites (N-methyl/N-ethyl adjacent to an activating group) is 1. The van der Waals surface area contributed by atoms with Crippen molar-refractivity contribution in [2.24, 2.45) is 11.8 Å². The van der Waals surface area contributed by atoms with Crippen molar-refractivity contribution in [3.8, 4) is 22.8 Å². The number of carbonyl (C=O) groups excluding carboxylic acids is 1. The van der Waals surface area contributed by atoms with E-state index in [2.05, 4.69) is 23.9 Å². The topological polar surface area (TPSA) is 75.1 Å². The van der Waals surface area contributed by atoms with Crippen LogP contribution in [0.1, 0.15) is 49.9 Å². The van der Waals surface area contributed by atoms with Crippen molar-refractivity contribution in [3.05, 3.63) is 42.1 Å². The van der Waals surface area contributed by atoms with E-state index in [0.717, 1.165) is 30.1 Å². The van der Waals surface area contributed by atoms with E-state index in [1.165, 1.54) is 25.7 Å². The molecule has 1 amide bonds. The molecule has 2 heterocycles. The summed E-state index contributed by atoms with van der Waals surface area (Å²) >= 11 is 0. The molecule has 7 nitrogen and oxygen atoms in total. The zero-order valence-corrected chi connectivity index (χ0v) is 21.4. The Morgan fingerprint density at radius 1 is 1.23 bits per heavy atom. The van der Waals surface area contributed by atoms with Crippen LogP contribution < -0.4 is 9.47 Å². The molecule has 1 saturated carbocycles. The zero-order chi connectivity index (χ0) is 24.9. The first kappa shape index (κ1) is 25.5. The first-order valence-electron chi connectivity index (χ1n) is 12.8. The molecule has 3 atom stereocenters. The summed E-state index contributed by atoms with van der Waals surface area (Å²) in [7, 11) is 3.79. The fraction of sp³-hybridized carbons (Fsp3) is 0.571. The third-order valence-corrected chi connectivity index (χ3v) is 7.48. The molecular weight excluding hydrogens is 442 g/mol. The van der Waals surface area contributed by atoms with Gasteiger partial charge in [-0.25, -0.2) is 4.98 Å². The lowest BCUT2D eigenvalue weighted by atomic mass is 9.98. The van der Waals surface area contributed by atoms with Crippen molar-refractivity contribution in [1.82, 2.24) is 14.8 Å². The van der Waals surface area contributed by atoms with Crippen molar-refractivity contribution in [3.63, 3.8) is 0 Å². The molecular formula is C28H39N3O4. The maximum absolute atomic E-state index is 13.7. The molecule has 2 aromatic rings. The van der Waals surface area contributed by atoms with Gasteiger partial charge >= 0.3 is 0 Å². The number of aliphatic hydroxyl groups is 1. The Morgan fingerprint density at radius 3 is 2.69 bits per heavy atom. The number of hydrogen-bond donors (Lipinski definition) is 1. The number of nitrogens with zero attached hydrogens (tertiary/aromatic N) is 3. The van der Waals surface area contributed by atoms with Crippen LogP contribution in [0.2, 0.25) is 0 Å². The molecule has 1 aromatic carbocycles. The predicted octanol–water partition coefficient (Wildman–Crippen LogP) is 4.10. The largest absolute Gasteiger partial charge is 0.496 e. The maximum Gasteiger partial charge on any atom is 0.259 e. The van der Waals surface area contributed by atoms with Crippen molar-refractivity contribution in [1.29, 1.82) is 0 Å². The number of methoxy groups -OCH3 is 1. The third-order valence-electron chi connectivity index (χ3n) is 7.48. The lowest BCUT2D eigenvalue weighted by molar-refractivity contribution is 0.0320. The van der Waals surface area contributed by atoms with Crippen molar-refractivity contribution in [2.75, 3.05) is 40.4 Å². The molecule has 0 saturated heterocycles. The fourth-order valence-corrected chi connectivity index (χ4v) is 5.37. The molecule has 4 rings (SSSR count). The summed E-state index contributed by atoms with van der Waals surface area (Å²) in [5.41, 5.74) is 2.07. The first-order valence-corrected chi connectivity index (χ1v) is 12.8. The SMILES string of the molecule is COc1ccccc1-c1cnc2c(c1)C(=O)N([C@H](C)CO)C[C@H](C)[C@H](CN(C)CC1CCCC1)O2. The summed E-state index contributed by atoms with van der Waals surface area (Å²) in [5.74, 6) is 1.74. The highest BCUT2D eigenvalue weighted by molar-refractivity contribution is 5.98. The molecule has 0 spiro atoms. The standard InChI is InChI=1S/C28H39N3O4/c1-19-15-31(20(2)18-32)28(33)24-13-22(23-11-7-8-12-25(23)34-4)14-29-27(24)35-26(19)17-30(3)16-21-9-5-6-10-21/h7-8,11-14,19-21,26,32H,5-6,9-10,15-18H2,1-4H3/t19-,20+,26-/m0/s1. The van der Waals surface area contributed by atoms with Crippen LogP contribution in [-0.2, 0) is 0 Å². The van der Waals surface area contributed by atoms with Crippen LogP contribution in [-0.4, -0.2) is 78.3 Å². The number of rotatable bonds is 8. The third kappa shape index (κ3) is 5.78. The minimum absolute atomic E-state index is 0.0859. The van der Waals surface area contributed by atoms with Gasteiger partial charge in [-0.15, -0.1) is 0 Å². The molecule has 1 N–H and O–H groups in total. The molecule has 0 unspecified atom stereocenters. The van der Waals surface area contributed by atoms with Crippen LogP contribution in [0, 0.1) is 11.8 Å². The van der Waals surface area contributed by atoms with Gasteiger partial charge in [-0.3, -0.25) is 4.79 Å². The number of aliphatic hydroxyl groups excluding tert-OH is 1. The van der Waals surface area contributed by atoms with Crippen molar-refractivity contribution < 1.29 is 19.4 Å². The molecule has 2 aliphatic rings. The van der Waals surface area contributed by atoms with E-state index >= 15 is 0 Å². The quantitative estimate of drug-likeness (QED) is 0.612. The average molecular weight is 482 g/mol. The Bertz CT molecular complexity index is 1010. The van der Waals surface area contributed by atoms with E-state index < -0.39 is 0 Å². The number of carbonyl (C=O) groups is 1. The second-order valence-electron chi connectivity index (χ2n) is 10.3. The molecule has 190 valence electrons. The molecule has 1 aliphatic heterocycles. The van der Waals surface area contributed by atoms with Crippen LogP contribution in [0.5, 0.6) is 11.6 Å². The van der Waals surface area contributed by atoms with Gasteiger partial charge in [0.1, 0.15) is 17.4 Å². The molecule has 0 radical (unpaired) electrons. The minimum atomic E-state index is -0.303. The Morgan fingerprint density at radius 2 is 1.97 bits per heavy atom. The molecule has 1 fully saturated rings. The van der Waals surface area contributed by atoms with Gasteiger partial charge < -0.3 is 24.4 Å². The van der Waals surface area contributed by atoms with Crippen LogP contribution in [0.15, 0.2) is 36.5 Å². The van der Waals surface area contributed by atoms with E-state index in [-0.39, 0.29) is 30.6 Å². The van der Waals surface area contributed by atoms with E-state index in [4.69, 9.17) is 9.47 Å². The first-order chi connectivity index (χ1) is 16.9. The number of benzene rings is 1. The van der Waals surface area contributed by atoms with Gasteiger partial charge in [0, 0.05) is 42.9 Å². The summed E-state index contributed by atoms with van der Waals surface area (Å²) in [6.45, 7) is 6.25. The van der Waals surface area contributed by atoms with Crippen LogP contribution >= 0.6 is 0 Å². The van der Waals surface area contributed by atoms with Gasteiger partial charge in [-0.2, -0.15) is 0 Å². The number of pyridine rings is 1. The van der Waals surface area contributed by atoms with E-state index in [0.29, 0.717) is 23.7 Å². The summed E-state index contributed by atoms with van der Waals surface area (Å²) in [5, 5.41) is 9.91. The lowest BCUT2D eigenvalue weighted by Gasteiger charge is -2.38. The number of ether oxygens (including phenoxy) is 2. The highest BCUT2D eigenvalue weighted by Gasteiger charge is 2.34. The van der Waals surface area contributed by atoms with Crippen molar-refractivity contribution >= 4 is 5.91 Å². The highest BCUT2D eigenvalue weighted by atomic mass is 16.5.